The summed E-state index contributed by atoms with van der Waals surface area (Å²) < 4.78 is 73.6. The maximum absolute atomic E-state index is 13.6. The summed E-state index contributed by atoms with van der Waals surface area (Å²) in [5, 5.41) is 14.9. The van der Waals surface area contributed by atoms with E-state index in [1.165, 1.54) is 6.07 Å². The highest BCUT2D eigenvalue weighted by atomic mass is 35.5. The van der Waals surface area contributed by atoms with Crippen molar-refractivity contribution in [1.29, 1.82) is 5.26 Å². The van der Waals surface area contributed by atoms with Crippen molar-refractivity contribution in [1.82, 2.24) is 19.7 Å². The van der Waals surface area contributed by atoms with Gasteiger partial charge in [0.05, 0.1) is 35.8 Å². The first-order valence-electron chi connectivity index (χ1n) is 10.1. The lowest BCUT2D eigenvalue weighted by molar-refractivity contribution is -0.142. The lowest BCUT2D eigenvalue weighted by Crippen LogP contribution is -2.27. The molecule has 14 heteroatoms. The van der Waals surface area contributed by atoms with Gasteiger partial charge in [0.1, 0.15) is 5.75 Å². The van der Waals surface area contributed by atoms with Crippen molar-refractivity contribution in [3.8, 4) is 28.7 Å². The molecule has 4 rings (SSSR count). The molecule has 0 fully saturated rings. The molecule has 8 nitrogen and oxygen atoms in total. The Morgan fingerprint density at radius 1 is 1.08 bits per heavy atom. The second-order valence-corrected chi connectivity index (χ2v) is 7.91. The van der Waals surface area contributed by atoms with E-state index in [-0.39, 0.29) is 33.2 Å². The minimum Gasteiger partial charge on any atom is -0.449 e. The van der Waals surface area contributed by atoms with Gasteiger partial charge in [-0.1, -0.05) is 17.7 Å². The van der Waals surface area contributed by atoms with Gasteiger partial charge in [-0.15, -0.1) is 0 Å². The summed E-state index contributed by atoms with van der Waals surface area (Å²) in [6.07, 6.45) is -4.46. The highest BCUT2D eigenvalue weighted by Gasteiger charge is 2.38. The Hall–Kier alpha value is -4.57. The van der Waals surface area contributed by atoms with Crippen LogP contribution in [0.1, 0.15) is 17.0 Å². The zero-order valence-corrected chi connectivity index (χ0v) is 18.9. The lowest BCUT2D eigenvalue weighted by Gasteiger charge is -2.15. The van der Waals surface area contributed by atoms with Crippen LogP contribution in [0.5, 0.6) is 11.5 Å². The Morgan fingerprint density at radius 3 is 2.51 bits per heavy atom. The van der Waals surface area contributed by atoms with Crippen LogP contribution >= 0.6 is 11.6 Å². The standard InChI is InChI=1S/C23H11ClF5N5O3/c24-13-3-11(8-30)4-15(6-13)37-19-20(23(27,28)29)31-10-34(22(19)36)9-14-7-16(21(35)33-32-14)12-1-2-17(25)18(26)5-12/h1-7,10H,9H2,(H,33,35). The predicted molar refractivity (Wildman–Crippen MR) is 119 cm³/mol. The molecule has 0 aliphatic heterocycles. The number of aromatic nitrogens is 4. The van der Waals surface area contributed by atoms with Gasteiger partial charge in [0, 0.05) is 5.02 Å². The number of benzene rings is 2. The number of alkyl halides is 3. The molecule has 2 aromatic heterocycles. The number of rotatable bonds is 5. The molecule has 0 saturated carbocycles. The average molecular weight is 536 g/mol. The van der Waals surface area contributed by atoms with E-state index >= 15 is 0 Å². The second-order valence-electron chi connectivity index (χ2n) is 7.47. The Morgan fingerprint density at radius 2 is 1.84 bits per heavy atom. The fourth-order valence-corrected chi connectivity index (χ4v) is 3.49. The normalized spacial score (nSPS) is 11.3. The molecule has 0 aliphatic rings. The van der Waals surface area contributed by atoms with E-state index in [9.17, 15) is 31.5 Å². The van der Waals surface area contributed by atoms with Crippen LogP contribution < -0.4 is 15.9 Å². The average Bonchev–Trinajstić information content (AvgIpc) is 2.83. The lowest BCUT2D eigenvalue weighted by atomic mass is 10.1. The SMILES string of the molecule is N#Cc1cc(Cl)cc(Oc2c(C(F)(F)F)ncn(Cc3cc(-c4ccc(F)c(F)c4)c(=O)[nH]n3)c2=O)c1. The van der Waals surface area contributed by atoms with Gasteiger partial charge in [-0.3, -0.25) is 14.2 Å². The summed E-state index contributed by atoms with van der Waals surface area (Å²) >= 11 is 5.87. The quantitative estimate of drug-likeness (QED) is 0.372. The summed E-state index contributed by atoms with van der Waals surface area (Å²) in [5.41, 5.74) is -3.82. The molecule has 0 bridgehead atoms. The van der Waals surface area contributed by atoms with Crippen molar-refractivity contribution >= 4 is 11.6 Å². The van der Waals surface area contributed by atoms with E-state index in [1.807, 2.05) is 0 Å². The van der Waals surface area contributed by atoms with Gasteiger partial charge in [0.2, 0.25) is 5.75 Å². The fraction of sp³-hybridized carbons (Fsp3) is 0.0870. The zero-order valence-electron chi connectivity index (χ0n) is 18.1. The number of nitrogens with zero attached hydrogens (tertiary/aromatic N) is 4. The van der Waals surface area contributed by atoms with Gasteiger partial charge in [-0.25, -0.2) is 18.9 Å². The number of nitrogens with one attached hydrogen (secondary N) is 1. The number of aromatic amines is 1. The molecule has 0 radical (unpaired) electrons. The molecule has 37 heavy (non-hydrogen) atoms. The maximum Gasteiger partial charge on any atom is 0.437 e. The second kappa shape index (κ2) is 9.82. The first-order valence-corrected chi connectivity index (χ1v) is 10.4. The Kier molecular flexibility index (Phi) is 6.78. The third-order valence-corrected chi connectivity index (χ3v) is 5.12. The van der Waals surface area contributed by atoms with E-state index in [1.54, 1.807) is 6.07 Å². The highest BCUT2D eigenvalue weighted by Crippen LogP contribution is 2.35. The smallest absolute Gasteiger partial charge is 0.437 e. The van der Waals surface area contributed by atoms with Gasteiger partial charge >= 0.3 is 6.18 Å². The molecule has 0 unspecified atom stereocenters. The van der Waals surface area contributed by atoms with Gasteiger partial charge < -0.3 is 4.74 Å². The molecular weight excluding hydrogens is 525 g/mol. The molecule has 2 aromatic carbocycles. The van der Waals surface area contributed by atoms with E-state index in [4.69, 9.17) is 21.6 Å². The van der Waals surface area contributed by atoms with E-state index in [0.29, 0.717) is 6.33 Å². The van der Waals surface area contributed by atoms with Gasteiger partial charge in [0.15, 0.2) is 17.3 Å². The molecule has 2 heterocycles. The summed E-state index contributed by atoms with van der Waals surface area (Å²) in [4.78, 5) is 28.5. The summed E-state index contributed by atoms with van der Waals surface area (Å²) in [6, 6.07) is 9.09. The minimum absolute atomic E-state index is 0.0000306. The summed E-state index contributed by atoms with van der Waals surface area (Å²) in [6.45, 7) is -0.479. The van der Waals surface area contributed by atoms with Gasteiger partial charge in [0.25, 0.3) is 11.1 Å². The van der Waals surface area contributed by atoms with Crippen LogP contribution in [0.15, 0.2) is 58.4 Å². The molecule has 1 N–H and O–H groups in total. The number of hydrogen-bond donors (Lipinski definition) is 1. The van der Waals surface area contributed by atoms with Crippen molar-refractivity contribution in [2.45, 2.75) is 12.7 Å². The minimum atomic E-state index is -5.07. The Labute approximate surface area is 208 Å². The molecule has 0 amide bonds. The largest absolute Gasteiger partial charge is 0.449 e. The molecule has 0 saturated heterocycles. The van der Waals surface area contributed by atoms with Crippen LogP contribution in [0.2, 0.25) is 5.02 Å². The van der Waals surface area contributed by atoms with Crippen LogP contribution in [0, 0.1) is 23.0 Å². The molecule has 0 atom stereocenters. The number of halogens is 6. The van der Waals surface area contributed by atoms with Crippen molar-refractivity contribution in [3.05, 3.63) is 103 Å². The molecule has 0 aliphatic carbocycles. The first kappa shape index (κ1) is 25.5. The van der Waals surface area contributed by atoms with Crippen LogP contribution in [-0.4, -0.2) is 19.7 Å². The fourth-order valence-electron chi connectivity index (χ4n) is 3.26. The van der Waals surface area contributed by atoms with Crippen LogP contribution in [0.25, 0.3) is 11.1 Å². The first-order chi connectivity index (χ1) is 17.5. The monoisotopic (exact) mass is 535 g/mol. The Balaban J connectivity index is 1.77. The van der Waals surface area contributed by atoms with Crippen LogP contribution in [-0.2, 0) is 12.7 Å². The van der Waals surface area contributed by atoms with Crippen LogP contribution in [0.3, 0.4) is 0 Å². The van der Waals surface area contributed by atoms with Gasteiger partial charge in [-0.2, -0.15) is 23.5 Å². The third kappa shape index (κ3) is 5.49. The third-order valence-electron chi connectivity index (χ3n) is 4.90. The zero-order chi connectivity index (χ0) is 26.9. The van der Waals surface area contributed by atoms with E-state index in [0.717, 1.165) is 41.0 Å². The highest BCUT2D eigenvalue weighted by molar-refractivity contribution is 6.30. The van der Waals surface area contributed by atoms with E-state index in [2.05, 4.69) is 15.2 Å². The molecule has 0 spiro atoms. The topological polar surface area (TPSA) is 114 Å². The predicted octanol–water partition coefficient (Wildman–Crippen LogP) is 4.66. The number of H-pyrrole nitrogens is 1. The number of nitriles is 1. The van der Waals surface area contributed by atoms with E-state index < -0.39 is 46.9 Å². The summed E-state index contributed by atoms with van der Waals surface area (Å²) in [7, 11) is 0. The number of ether oxygens (including phenoxy) is 1. The Bertz CT molecular complexity index is 1680. The van der Waals surface area contributed by atoms with Gasteiger partial charge in [-0.05, 0) is 42.0 Å². The van der Waals surface area contributed by atoms with Crippen molar-refractivity contribution in [2.75, 3.05) is 0 Å². The van der Waals surface area contributed by atoms with Crippen LogP contribution in [0.4, 0.5) is 22.0 Å². The van der Waals surface area contributed by atoms with Crippen molar-refractivity contribution in [3.63, 3.8) is 0 Å². The maximum atomic E-state index is 13.6. The number of hydrogen-bond acceptors (Lipinski definition) is 6. The van der Waals surface area contributed by atoms with Crippen molar-refractivity contribution in [2.24, 2.45) is 0 Å². The van der Waals surface area contributed by atoms with Crippen molar-refractivity contribution < 1.29 is 26.7 Å². The molecule has 188 valence electrons. The summed E-state index contributed by atoms with van der Waals surface area (Å²) in [5.74, 6) is -3.84. The molecule has 4 aromatic rings. The molecular formula is C23H11ClF5N5O3.